The second kappa shape index (κ2) is 7.26. The molecule has 0 spiro atoms. The average molecular weight is 368 g/mol. The first-order chi connectivity index (χ1) is 13.1. The lowest BCUT2D eigenvalue weighted by Crippen LogP contribution is -2.31. The van der Waals surface area contributed by atoms with E-state index in [1.807, 2.05) is 24.3 Å². The Morgan fingerprint density at radius 1 is 1.22 bits per heavy atom. The second-order valence-electron chi connectivity index (χ2n) is 6.76. The lowest BCUT2D eigenvalue weighted by molar-refractivity contribution is -0.141. The van der Waals surface area contributed by atoms with Crippen LogP contribution in [0.25, 0.3) is 6.08 Å². The van der Waals surface area contributed by atoms with Crippen LogP contribution in [-0.4, -0.2) is 27.7 Å². The van der Waals surface area contributed by atoms with Gasteiger partial charge >= 0.3 is 5.97 Å². The predicted molar refractivity (Wildman–Crippen MR) is 96.6 cm³/mol. The molecule has 1 N–H and O–H groups in total. The average Bonchev–Trinajstić information content (AvgIpc) is 3.39. The third-order valence-electron chi connectivity index (χ3n) is 5.00. The van der Waals surface area contributed by atoms with Crippen LogP contribution in [0.5, 0.6) is 0 Å². The lowest BCUT2D eigenvalue weighted by atomic mass is 9.79. The van der Waals surface area contributed by atoms with Crippen LogP contribution in [0.3, 0.4) is 0 Å². The molecule has 1 saturated carbocycles. The highest BCUT2D eigenvalue weighted by molar-refractivity contribution is 6.08. The van der Waals surface area contributed by atoms with Crippen molar-refractivity contribution in [2.24, 2.45) is 11.0 Å². The van der Waals surface area contributed by atoms with Gasteiger partial charge in [-0.25, -0.2) is 5.01 Å². The standard InChI is InChI=1S/C20H20N2O5/c23-17(8-9-18(24)25)22-20(16-7-3-11-27-16)15-6-1-4-13(19(15)21-22)12-14-5-2-10-26-14/h2-3,5,7,10-12,15,20H,1,4,6,8-9H2,(H,24,25)/b13-12-/t15-,20-/m0/s1. The highest BCUT2D eigenvalue weighted by Gasteiger charge is 2.45. The number of carbonyl (C=O) groups excluding carboxylic acids is 1. The molecule has 0 unspecified atom stereocenters. The van der Waals surface area contributed by atoms with E-state index >= 15 is 0 Å². The molecule has 27 heavy (non-hydrogen) atoms. The molecular formula is C20H20N2O5. The molecule has 1 aliphatic heterocycles. The Morgan fingerprint density at radius 2 is 2.04 bits per heavy atom. The molecular weight excluding hydrogens is 348 g/mol. The quantitative estimate of drug-likeness (QED) is 0.864. The summed E-state index contributed by atoms with van der Waals surface area (Å²) in [6, 6.07) is 7.00. The molecule has 7 nitrogen and oxygen atoms in total. The largest absolute Gasteiger partial charge is 0.481 e. The van der Waals surface area contributed by atoms with Gasteiger partial charge in [0.1, 0.15) is 17.6 Å². The SMILES string of the molecule is O=C(O)CCC(=O)N1N=C2/C(=C\c3ccco3)CCC[C@@H]2[C@H]1c1ccco1. The molecule has 4 rings (SSSR count). The molecule has 0 saturated heterocycles. The molecule has 1 aliphatic carbocycles. The van der Waals surface area contributed by atoms with Gasteiger partial charge in [-0.3, -0.25) is 9.59 Å². The molecule has 2 atom stereocenters. The summed E-state index contributed by atoms with van der Waals surface area (Å²) in [6.07, 6.45) is 7.59. The molecule has 0 radical (unpaired) electrons. The van der Waals surface area contributed by atoms with Crippen LogP contribution in [-0.2, 0) is 9.59 Å². The third kappa shape index (κ3) is 3.45. The van der Waals surface area contributed by atoms with Gasteiger partial charge in [0.25, 0.3) is 0 Å². The second-order valence-corrected chi connectivity index (χ2v) is 6.76. The molecule has 0 bridgehead atoms. The summed E-state index contributed by atoms with van der Waals surface area (Å²) in [5.74, 6) is 0.138. The minimum absolute atomic E-state index is 0.0277. The topological polar surface area (TPSA) is 96.2 Å². The smallest absolute Gasteiger partial charge is 0.303 e. The molecule has 1 fully saturated rings. The number of hydrogen-bond acceptors (Lipinski definition) is 5. The Hall–Kier alpha value is -3.09. The summed E-state index contributed by atoms with van der Waals surface area (Å²) in [4.78, 5) is 23.6. The normalized spacial score (nSPS) is 23.3. The molecule has 2 aromatic heterocycles. The van der Waals surface area contributed by atoms with E-state index in [1.165, 1.54) is 5.01 Å². The van der Waals surface area contributed by atoms with E-state index in [2.05, 4.69) is 5.10 Å². The molecule has 0 aromatic carbocycles. The first-order valence-corrected chi connectivity index (χ1v) is 9.03. The van der Waals surface area contributed by atoms with Gasteiger partial charge in [0.05, 0.1) is 24.7 Å². The van der Waals surface area contributed by atoms with Gasteiger partial charge in [-0.15, -0.1) is 0 Å². The van der Waals surface area contributed by atoms with Crippen molar-refractivity contribution in [3.63, 3.8) is 0 Å². The number of carboxylic acids is 1. The number of carboxylic acid groups (broad SMARTS) is 1. The Morgan fingerprint density at radius 3 is 2.74 bits per heavy atom. The number of rotatable bonds is 5. The zero-order valence-corrected chi connectivity index (χ0v) is 14.7. The lowest BCUT2D eigenvalue weighted by Gasteiger charge is -2.27. The Balaban J connectivity index is 1.68. The minimum atomic E-state index is -0.999. The summed E-state index contributed by atoms with van der Waals surface area (Å²) >= 11 is 0. The number of hydrogen-bond donors (Lipinski definition) is 1. The minimum Gasteiger partial charge on any atom is -0.481 e. The number of allylic oxidation sites excluding steroid dienone is 1. The van der Waals surface area contributed by atoms with E-state index < -0.39 is 5.97 Å². The zero-order chi connectivity index (χ0) is 18.8. The fourth-order valence-electron chi connectivity index (χ4n) is 3.82. The van der Waals surface area contributed by atoms with Gasteiger partial charge in [-0.05, 0) is 55.2 Å². The maximum Gasteiger partial charge on any atom is 0.303 e. The number of nitrogens with zero attached hydrogens (tertiary/aromatic N) is 2. The number of amides is 1. The monoisotopic (exact) mass is 368 g/mol. The summed E-state index contributed by atoms with van der Waals surface area (Å²) in [7, 11) is 0. The van der Waals surface area contributed by atoms with E-state index in [0.29, 0.717) is 5.76 Å². The molecule has 2 aromatic rings. The van der Waals surface area contributed by atoms with Crippen molar-refractivity contribution in [1.29, 1.82) is 0 Å². The van der Waals surface area contributed by atoms with Crippen molar-refractivity contribution in [2.45, 2.75) is 38.1 Å². The van der Waals surface area contributed by atoms with Crippen LogP contribution in [0.2, 0.25) is 0 Å². The number of carbonyl (C=O) groups is 2. The number of hydrazone groups is 1. The number of fused-ring (bicyclic) bond motifs is 1. The van der Waals surface area contributed by atoms with Crippen molar-refractivity contribution < 1.29 is 23.5 Å². The van der Waals surface area contributed by atoms with E-state index in [1.54, 1.807) is 18.6 Å². The van der Waals surface area contributed by atoms with E-state index in [0.717, 1.165) is 36.3 Å². The molecule has 3 heterocycles. The van der Waals surface area contributed by atoms with Gasteiger partial charge in [0, 0.05) is 12.3 Å². The molecule has 140 valence electrons. The Bertz CT molecular complexity index is 880. The molecule has 1 amide bonds. The fraction of sp³-hybridized carbons (Fsp3) is 0.350. The molecule has 7 heteroatoms. The summed E-state index contributed by atoms with van der Waals surface area (Å²) in [5.41, 5.74) is 1.91. The number of aliphatic carboxylic acids is 1. The van der Waals surface area contributed by atoms with Crippen LogP contribution < -0.4 is 0 Å². The van der Waals surface area contributed by atoms with Gasteiger partial charge in [0.2, 0.25) is 5.91 Å². The van der Waals surface area contributed by atoms with Crippen LogP contribution in [0, 0.1) is 5.92 Å². The van der Waals surface area contributed by atoms with Crippen molar-refractivity contribution in [3.8, 4) is 0 Å². The maximum absolute atomic E-state index is 12.7. The highest BCUT2D eigenvalue weighted by Crippen LogP contribution is 2.44. The van der Waals surface area contributed by atoms with Crippen molar-refractivity contribution in [2.75, 3.05) is 0 Å². The van der Waals surface area contributed by atoms with Crippen LogP contribution >= 0.6 is 0 Å². The van der Waals surface area contributed by atoms with Gasteiger partial charge < -0.3 is 13.9 Å². The first kappa shape index (κ1) is 17.3. The van der Waals surface area contributed by atoms with E-state index in [9.17, 15) is 9.59 Å². The number of furan rings is 2. The van der Waals surface area contributed by atoms with Crippen LogP contribution in [0.1, 0.15) is 49.7 Å². The van der Waals surface area contributed by atoms with Gasteiger partial charge in [-0.1, -0.05) is 0 Å². The summed E-state index contributed by atoms with van der Waals surface area (Å²) < 4.78 is 11.0. The Labute approximate surface area is 155 Å². The van der Waals surface area contributed by atoms with Crippen molar-refractivity contribution >= 4 is 23.7 Å². The fourth-order valence-corrected chi connectivity index (χ4v) is 3.82. The maximum atomic E-state index is 12.7. The Kier molecular flexibility index (Phi) is 4.66. The highest BCUT2D eigenvalue weighted by atomic mass is 16.4. The van der Waals surface area contributed by atoms with Gasteiger partial charge in [-0.2, -0.15) is 5.10 Å². The van der Waals surface area contributed by atoms with Crippen LogP contribution in [0.15, 0.2) is 56.3 Å². The zero-order valence-electron chi connectivity index (χ0n) is 14.7. The van der Waals surface area contributed by atoms with Crippen molar-refractivity contribution in [1.82, 2.24) is 5.01 Å². The summed E-state index contributed by atoms with van der Waals surface area (Å²) in [5, 5.41) is 14.9. The van der Waals surface area contributed by atoms with E-state index in [4.69, 9.17) is 13.9 Å². The van der Waals surface area contributed by atoms with Gasteiger partial charge in [0.15, 0.2) is 0 Å². The van der Waals surface area contributed by atoms with Crippen molar-refractivity contribution in [3.05, 3.63) is 53.9 Å². The molecule has 2 aliphatic rings. The van der Waals surface area contributed by atoms with E-state index in [-0.39, 0.29) is 30.7 Å². The summed E-state index contributed by atoms with van der Waals surface area (Å²) in [6.45, 7) is 0. The first-order valence-electron chi connectivity index (χ1n) is 9.03. The third-order valence-corrected chi connectivity index (χ3v) is 5.00. The van der Waals surface area contributed by atoms with Crippen LogP contribution in [0.4, 0.5) is 0 Å². The predicted octanol–water partition coefficient (Wildman–Crippen LogP) is 3.86.